The predicted octanol–water partition coefficient (Wildman–Crippen LogP) is 5.03. The molecule has 0 unspecified atom stereocenters. The van der Waals surface area contributed by atoms with Gasteiger partial charge in [-0.25, -0.2) is 4.90 Å². The number of Topliss-reactive ketones (excluding diaryl/α,β-unsaturated/α-hetero) is 1. The van der Waals surface area contributed by atoms with Crippen LogP contribution in [0.1, 0.15) is 43.8 Å². The molecule has 12 heteroatoms. The van der Waals surface area contributed by atoms with Crippen molar-refractivity contribution in [2.24, 2.45) is 0 Å². The molecular weight excluding hydrogens is 573 g/mol. The van der Waals surface area contributed by atoms with E-state index in [0.717, 1.165) is 4.90 Å². The molecule has 9 nitrogen and oxygen atoms in total. The number of fused-ring (bicyclic) bond motifs is 1. The summed E-state index contributed by atoms with van der Waals surface area (Å²) in [6.45, 7) is 1.78. The fraction of sp³-hybridized carbons (Fsp3) is 0.143. The zero-order valence-corrected chi connectivity index (χ0v) is 23.4. The number of hydrogen-bond acceptors (Lipinski definition) is 7. The Morgan fingerprint density at radius 3 is 2.27 bits per heavy atom. The van der Waals surface area contributed by atoms with Gasteiger partial charge in [-0.2, -0.15) is 0 Å². The molecule has 0 radical (unpaired) electrons. The van der Waals surface area contributed by atoms with Gasteiger partial charge in [-0.05, 0) is 42.5 Å². The third-order valence-electron chi connectivity index (χ3n) is 6.14. The highest BCUT2D eigenvalue weighted by atomic mass is 35.5. The topological polar surface area (TPSA) is 114 Å². The average molecular weight is 594 g/mol. The molecule has 1 aliphatic rings. The van der Waals surface area contributed by atoms with E-state index in [2.05, 4.69) is 15.5 Å². The molecule has 2 heterocycles. The summed E-state index contributed by atoms with van der Waals surface area (Å²) in [5.74, 6) is -0.676. The van der Waals surface area contributed by atoms with Crippen molar-refractivity contribution in [3.63, 3.8) is 0 Å². The molecule has 0 aliphatic carbocycles. The zero-order chi connectivity index (χ0) is 28.4. The molecule has 3 aromatic carbocycles. The third-order valence-corrected chi connectivity index (χ3v) is 7.81. The zero-order valence-electron chi connectivity index (χ0n) is 21.1. The summed E-state index contributed by atoms with van der Waals surface area (Å²) in [5.41, 5.74) is 1.97. The van der Waals surface area contributed by atoms with E-state index in [0.29, 0.717) is 62.1 Å². The highest BCUT2D eigenvalue weighted by Gasteiger charge is 2.36. The Kier molecular flexibility index (Phi) is 8.02. The standard InChI is InChI=1S/C28H21Cl2N5O4S/c1-16(36)31-12-11-25-32-33-28(34(25)19-9-10-22(29)23(30)14-19)40-15-24(37)17-5-4-6-18(13-17)35-26(38)20-7-2-3-8-21(20)27(35)39/h2-10,13-14H,11-12,15H2,1H3,(H,31,36). The van der Waals surface area contributed by atoms with E-state index in [1.807, 2.05) is 0 Å². The predicted molar refractivity (Wildman–Crippen MR) is 153 cm³/mol. The van der Waals surface area contributed by atoms with E-state index in [1.54, 1.807) is 65.2 Å². The Hall–Kier alpha value is -3.99. The number of nitrogens with zero attached hydrogens (tertiary/aromatic N) is 4. The number of carbonyl (C=O) groups is 4. The highest BCUT2D eigenvalue weighted by Crippen LogP contribution is 2.31. The lowest BCUT2D eigenvalue weighted by Gasteiger charge is -2.15. The molecule has 0 atom stereocenters. The summed E-state index contributed by atoms with van der Waals surface area (Å²) < 4.78 is 1.76. The number of nitrogens with one attached hydrogen (secondary N) is 1. The Morgan fingerprint density at radius 1 is 0.875 bits per heavy atom. The smallest absolute Gasteiger partial charge is 0.266 e. The van der Waals surface area contributed by atoms with Crippen molar-refractivity contribution in [2.75, 3.05) is 17.2 Å². The number of halogens is 2. The van der Waals surface area contributed by atoms with Gasteiger partial charge in [-0.3, -0.25) is 23.7 Å². The largest absolute Gasteiger partial charge is 0.356 e. The van der Waals surface area contributed by atoms with E-state index < -0.39 is 11.8 Å². The number of hydrogen-bond donors (Lipinski definition) is 1. The van der Waals surface area contributed by atoms with Crippen LogP contribution >= 0.6 is 35.0 Å². The van der Waals surface area contributed by atoms with Crippen molar-refractivity contribution < 1.29 is 19.2 Å². The van der Waals surface area contributed by atoms with Gasteiger partial charge in [0.25, 0.3) is 11.8 Å². The summed E-state index contributed by atoms with van der Waals surface area (Å²) in [6, 6.07) is 18.1. The fourth-order valence-corrected chi connectivity index (χ4v) is 5.40. The summed E-state index contributed by atoms with van der Waals surface area (Å²) in [7, 11) is 0. The molecule has 0 bridgehead atoms. The van der Waals surface area contributed by atoms with Gasteiger partial charge in [0.2, 0.25) is 5.91 Å². The lowest BCUT2D eigenvalue weighted by Crippen LogP contribution is -2.29. The number of anilines is 1. The van der Waals surface area contributed by atoms with Gasteiger partial charge in [0, 0.05) is 25.5 Å². The van der Waals surface area contributed by atoms with Gasteiger partial charge in [0.05, 0.1) is 38.3 Å². The molecule has 0 spiro atoms. The first-order valence-electron chi connectivity index (χ1n) is 12.1. The lowest BCUT2D eigenvalue weighted by atomic mass is 10.1. The normalized spacial score (nSPS) is 12.5. The summed E-state index contributed by atoms with van der Waals surface area (Å²) in [6.07, 6.45) is 0.393. The summed E-state index contributed by atoms with van der Waals surface area (Å²) >= 11 is 13.5. The Morgan fingerprint density at radius 2 is 1.60 bits per heavy atom. The van der Waals surface area contributed by atoms with Crippen LogP contribution < -0.4 is 10.2 Å². The third kappa shape index (κ3) is 5.51. The van der Waals surface area contributed by atoms with Gasteiger partial charge >= 0.3 is 0 Å². The molecule has 0 fully saturated rings. The molecule has 40 heavy (non-hydrogen) atoms. The summed E-state index contributed by atoms with van der Waals surface area (Å²) in [4.78, 5) is 51.4. The Balaban J connectivity index is 1.36. The minimum atomic E-state index is -0.430. The molecular formula is C28H21Cl2N5O4S. The number of benzene rings is 3. The van der Waals surface area contributed by atoms with Crippen LogP contribution in [0.25, 0.3) is 5.69 Å². The number of amides is 3. The molecule has 1 aromatic heterocycles. The van der Waals surface area contributed by atoms with Crippen LogP contribution in [0.4, 0.5) is 5.69 Å². The monoisotopic (exact) mass is 593 g/mol. The minimum absolute atomic E-state index is 0.0106. The van der Waals surface area contributed by atoms with Gasteiger partial charge in [0.1, 0.15) is 5.82 Å². The van der Waals surface area contributed by atoms with Crippen LogP contribution in [0.3, 0.4) is 0 Å². The molecule has 202 valence electrons. The van der Waals surface area contributed by atoms with E-state index in [-0.39, 0.29) is 17.4 Å². The maximum atomic E-state index is 13.2. The number of carbonyl (C=O) groups excluding carboxylic acids is 4. The number of thioether (sulfide) groups is 1. The van der Waals surface area contributed by atoms with Gasteiger partial charge in [-0.1, -0.05) is 59.2 Å². The van der Waals surface area contributed by atoms with Crippen molar-refractivity contribution >= 4 is 64.2 Å². The number of ketones is 1. The molecule has 0 saturated carbocycles. The molecule has 5 rings (SSSR count). The second kappa shape index (κ2) is 11.6. The molecule has 3 amide bonds. The number of aromatic nitrogens is 3. The maximum absolute atomic E-state index is 13.2. The first kappa shape index (κ1) is 27.6. The highest BCUT2D eigenvalue weighted by molar-refractivity contribution is 7.99. The van der Waals surface area contributed by atoms with Crippen molar-refractivity contribution in [3.05, 3.63) is 99.3 Å². The van der Waals surface area contributed by atoms with Crippen molar-refractivity contribution in [1.29, 1.82) is 0 Å². The molecule has 1 N–H and O–H groups in total. The van der Waals surface area contributed by atoms with Gasteiger partial charge < -0.3 is 5.32 Å². The quantitative estimate of drug-likeness (QED) is 0.164. The second-order valence-electron chi connectivity index (χ2n) is 8.82. The van der Waals surface area contributed by atoms with Gasteiger partial charge in [-0.15, -0.1) is 10.2 Å². The van der Waals surface area contributed by atoms with E-state index in [4.69, 9.17) is 23.2 Å². The molecule has 4 aromatic rings. The van der Waals surface area contributed by atoms with E-state index >= 15 is 0 Å². The Bertz CT molecular complexity index is 1640. The van der Waals surface area contributed by atoms with E-state index in [1.165, 1.54) is 24.8 Å². The maximum Gasteiger partial charge on any atom is 0.266 e. The van der Waals surface area contributed by atoms with Crippen LogP contribution in [0.15, 0.2) is 71.9 Å². The fourth-order valence-electron chi connectivity index (χ4n) is 4.25. The minimum Gasteiger partial charge on any atom is -0.356 e. The van der Waals surface area contributed by atoms with E-state index in [9.17, 15) is 19.2 Å². The number of rotatable bonds is 9. The summed E-state index contributed by atoms with van der Waals surface area (Å²) in [5, 5.41) is 12.5. The van der Waals surface area contributed by atoms with Crippen molar-refractivity contribution in [2.45, 2.75) is 18.5 Å². The molecule has 0 saturated heterocycles. The first-order valence-corrected chi connectivity index (χ1v) is 13.9. The van der Waals surface area contributed by atoms with Crippen molar-refractivity contribution in [1.82, 2.24) is 20.1 Å². The van der Waals surface area contributed by atoms with Crippen LogP contribution in [0, 0.1) is 0 Å². The number of imide groups is 1. The van der Waals surface area contributed by atoms with Crippen LogP contribution in [0.5, 0.6) is 0 Å². The van der Waals surface area contributed by atoms with Crippen LogP contribution in [0.2, 0.25) is 10.0 Å². The van der Waals surface area contributed by atoms with Gasteiger partial charge in [0.15, 0.2) is 10.9 Å². The van der Waals surface area contributed by atoms with Crippen molar-refractivity contribution in [3.8, 4) is 5.69 Å². The molecule has 1 aliphatic heterocycles. The SMILES string of the molecule is CC(=O)NCCc1nnc(SCC(=O)c2cccc(N3C(=O)c4ccccc4C3=O)c2)n1-c1ccc(Cl)c(Cl)c1. The van der Waals surface area contributed by atoms with Crippen LogP contribution in [-0.2, 0) is 11.2 Å². The van der Waals surface area contributed by atoms with Crippen LogP contribution in [-0.4, -0.2) is 50.6 Å². The Labute approximate surface area is 243 Å². The average Bonchev–Trinajstić information content (AvgIpc) is 3.46. The second-order valence-corrected chi connectivity index (χ2v) is 10.6. The lowest BCUT2D eigenvalue weighted by molar-refractivity contribution is -0.118. The first-order chi connectivity index (χ1) is 19.2.